The normalized spacial score (nSPS) is 17.1. The van der Waals surface area contributed by atoms with Gasteiger partial charge in [-0.2, -0.15) is 5.26 Å². The second kappa shape index (κ2) is 5.23. The molecule has 5 nitrogen and oxygen atoms in total. The van der Waals surface area contributed by atoms with Crippen LogP contribution in [0.3, 0.4) is 0 Å². The van der Waals surface area contributed by atoms with E-state index in [1.54, 1.807) is 0 Å². The Bertz CT molecular complexity index is 795. The maximum Gasteiger partial charge on any atom is 0.244 e. The van der Waals surface area contributed by atoms with Gasteiger partial charge in [-0.15, -0.1) is 5.10 Å². The number of nitrogens with one attached hydrogen (secondary N) is 1. The highest BCUT2D eigenvalue weighted by Gasteiger charge is 2.36. The van der Waals surface area contributed by atoms with Crippen molar-refractivity contribution in [3.8, 4) is 11.9 Å². The third kappa shape index (κ3) is 2.04. The van der Waals surface area contributed by atoms with Crippen molar-refractivity contribution in [1.82, 2.24) is 10.2 Å². The number of aryl methyl sites for hydroxylation is 1. The number of rotatable bonds is 2. The molecule has 2 heterocycles. The summed E-state index contributed by atoms with van der Waals surface area (Å²) in [4.78, 5) is 0. The van der Waals surface area contributed by atoms with Crippen LogP contribution in [0.1, 0.15) is 48.1 Å². The van der Waals surface area contributed by atoms with Gasteiger partial charge in [-0.25, -0.2) is 0 Å². The Morgan fingerprint density at radius 3 is 2.73 bits per heavy atom. The summed E-state index contributed by atoms with van der Waals surface area (Å²) in [7, 11) is 0. The van der Waals surface area contributed by atoms with Crippen molar-refractivity contribution in [2.45, 2.75) is 32.6 Å². The number of aromatic nitrogens is 2. The fourth-order valence-electron chi connectivity index (χ4n) is 2.93. The molecule has 1 aromatic carbocycles. The summed E-state index contributed by atoms with van der Waals surface area (Å²) >= 11 is 0. The molecular formula is C17H18N4O. The summed E-state index contributed by atoms with van der Waals surface area (Å²) in [6, 6.07) is 10.2. The third-order valence-electron chi connectivity index (χ3n) is 4.05. The molecule has 0 spiro atoms. The third-order valence-corrected chi connectivity index (χ3v) is 4.05. The number of aromatic amines is 1. The Kier molecular flexibility index (Phi) is 3.38. The molecule has 5 heteroatoms. The average molecular weight is 294 g/mol. The van der Waals surface area contributed by atoms with Crippen LogP contribution in [0, 0.1) is 18.3 Å². The zero-order valence-corrected chi connectivity index (χ0v) is 12.8. The first kappa shape index (κ1) is 14.2. The highest BCUT2D eigenvalue weighted by molar-refractivity contribution is 5.56. The Morgan fingerprint density at radius 2 is 2.09 bits per heavy atom. The van der Waals surface area contributed by atoms with Crippen molar-refractivity contribution in [3.05, 3.63) is 58.1 Å². The van der Waals surface area contributed by atoms with Crippen molar-refractivity contribution < 1.29 is 4.74 Å². The first-order valence-corrected chi connectivity index (χ1v) is 7.25. The molecule has 112 valence electrons. The second-order valence-electron chi connectivity index (χ2n) is 5.79. The molecule has 3 rings (SSSR count). The standard InChI is InChI=1S/C17H18N4O/c1-9(2)15-14-13(11-7-5-4-6-10(11)3)12(8-18)16(19)22-17(14)21-20-15/h4-7,9,13H,19H2,1-3H3,(H,20,21)/t13-/m0/s1. The molecule has 1 aliphatic rings. The number of nitrogens with two attached hydrogens (primary N) is 1. The molecule has 0 radical (unpaired) electrons. The minimum absolute atomic E-state index is 0.130. The first-order valence-electron chi connectivity index (χ1n) is 7.25. The molecule has 1 aliphatic heterocycles. The number of fused-ring (bicyclic) bond motifs is 1. The van der Waals surface area contributed by atoms with Crippen LogP contribution in [0.2, 0.25) is 0 Å². The number of nitriles is 1. The van der Waals surface area contributed by atoms with E-state index in [1.165, 1.54) is 0 Å². The largest absolute Gasteiger partial charge is 0.420 e. The van der Waals surface area contributed by atoms with Gasteiger partial charge in [-0.05, 0) is 24.0 Å². The maximum atomic E-state index is 9.58. The molecule has 22 heavy (non-hydrogen) atoms. The van der Waals surface area contributed by atoms with E-state index >= 15 is 0 Å². The second-order valence-corrected chi connectivity index (χ2v) is 5.79. The van der Waals surface area contributed by atoms with Gasteiger partial charge in [-0.1, -0.05) is 38.1 Å². The Balaban J connectivity index is 2.29. The predicted molar refractivity (Wildman–Crippen MR) is 83.2 cm³/mol. The minimum Gasteiger partial charge on any atom is -0.420 e. The van der Waals surface area contributed by atoms with Crippen molar-refractivity contribution in [2.24, 2.45) is 5.73 Å². The molecule has 0 amide bonds. The van der Waals surface area contributed by atoms with Crippen molar-refractivity contribution in [2.75, 3.05) is 0 Å². The number of allylic oxidation sites excluding steroid dienone is 1. The Morgan fingerprint density at radius 1 is 1.36 bits per heavy atom. The van der Waals surface area contributed by atoms with E-state index < -0.39 is 0 Å². The van der Waals surface area contributed by atoms with Gasteiger partial charge < -0.3 is 10.5 Å². The molecular weight excluding hydrogens is 276 g/mol. The van der Waals surface area contributed by atoms with E-state index in [1.807, 2.05) is 31.2 Å². The molecule has 0 aliphatic carbocycles. The molecule has 0 saturated heterocycles. The van der Waals surface area contributed by atoms with E-state index in [0.29, 0.717) is 11.5 Å². The maximum absolute atomic E-state index is 9.58. The minimum atomic E-state index is -0.244. The highest BCUT2D eigenvalue weighted by atomic mass is 16.5. The summed E-state index contributed by atoms with van der Waals surface area (Å²) in [6.45, 7) is 6.19. The molecule has 0 saturated carbocycles. The van der Waals surface area contributed by atoms with E-state index in [4.69, 9.17) is 10.5 Å². The van der Waals surface area contributed by atoms with Gasteiger partial charge in [0.1, 0.15) is 11.6 Å². The summed E-state index contributed by atoms with van der Waals surface area (Å²) in [5, 5.41) is 16.8. The SMILES string of the molecule is Cc1ccccc1[C@H]1C(C#N)=C(N)Oc2n[nH]c(C(C)C)c21. The summed E-state index contributed by atoms with van der Waals surface area (Å²) < 4.78 is 5.55. The van der Waals surface area contributed by atoms with Gasteiger partial charge >= 0.3 is 0 Å². The van der Waals surface area contributed by atoms with Crippen LogP contribution in [0.4, 0.5) is 0 Å². The van der Waals surface area contributed by atoms with Crippen molar-refractivity contribution in [3.63, 3.8) is 0 Å². The number of benzene rings is 1. The highest BCUT2D eigenvalue weighted by Crippen LogP contribution is 2.45. The van der Waals surface area contributed by atoms with E-state index in [2.05, 4.69) is 30.1 Å². The molecule has 0 unspecified atom stereocenters. The number of H-pyrrole nitrogens is 1. The monoisotopic (exact) mass is 294 g/mol. The Hall–Kier alpha value is -2.74. The topological polar surface area (TPSA) is 87.7 Å². The smallest absolute Gasteiger partial charge is 0.244 e. The summed E-state index contributed by atoms with van der Waals surface area (Å²) in [5.74, 6) is 0.593. The number of ether oxygens (including phenoxy) is 1. The zero-order chi connectivity index (χ0) is 15.9. The lowest BCUT2D eigenvalue weighted by Crippen LogP contribution is -2.22. The van der Waals surface area contributed by atoms with Crippen molar-refractivity contribution in [1.29, 1.82) is 5.26 Å². The van der Waals surface area contributed by atoms with Crippen LogP contribution in [0.25, 0.3) is 0 Å². The lowest BCUT2D eigenvalue weighted by molar-refractivity contribution is 0.378. The quantitative estimate of drug-likeness (QED) is 0.891. The fourth-order valence-corrected chi connectivity index (χ4v) is 2.93. The van der Waals surface area contributed by atoms with Gasteiger partial charge in [0, 0.05) is 5.69 Å². The molecule has 2 aromatic rings. The zero-order valence-electron chi connectivity index (χ0n) is 12.8. The van der Waals surface area contributed by atoms with E-state index in [9.17, 15) is 5.26 Å². The number of hydrogen-bond acceptors (Lipinski definition) is 4. The molecule has 1 atom stereocenters. The van der Waals surface area contributed by atoms with Gasteiger partial charge in [0.05, 0.1) is 11.5 Å². The molecule has 0 fully saturated rings. The molecule has 0 bridgehead atoms. The van der Waals surface area contributed by atoms with Gasteiger partial charge in [-0.3, -0.25) is 5.10 Å². The van der Waals surface area contributed by atoms with Gasteiger partial charge in [0.2, 0.25) is 11.8 Å². The van der Waals surface area contributed by atoms with Crippen LogP contribution in [-0.2, 0) is 0 Å². The predicted octanol–water partition coefficient (Wildman–Crippen LogP) is 3.06. The molecule has 3 N–H and O–H groups in total. The van der Waals surface area contributed by atoms with Crippen LogP contribution < -0.4 is 10.5 Å². The fraction of sp³-hybridized carbons (Fsp3) is 0.294. The lowest BCUT2D eigenvalue weighted by Gasteiger charge is -2.25. The Labute approximate surface area is 129 Å². The lowest BCUT2D eigenvalue weighted by atomic mass is 9.81. The molecule has 1 aromatic heterocycles. The average Bonchev–Trinajstić information content (AvgIpc) is 2.90. The van der Waals surface area contributed by atoms with Crippen molar-refractivity contribution >= 4 is 0 Å². The summed E-state index contributed by atoms with van der Waals surface area (Å²) in [5.41, 5.74) is 10.4. The van der Waals surface area contributed by atoms with E-state index in [0.717, 1.165) is 22.4 Å². The number of hydrogen-bond donors (Lipinski definition) is 2. The van der Waals surface area contributed by atoms with Crippen LogP contribution in [-0.4, -0.2) is 10.2 Å². The summed E-state index contributed by atoms with van der Waals surface area (Å²) in [6.07, 6.45) is 0. The first-order chi connectivity index (χ1) is 10.5. The van der Waals surface area contributed by atoms with Crippen LogP contribution >= 0.6 is 0 Å². The van der Waals surface area contributed by atoms with Gasteiger partial charge in [0.15, 0.2) is 0 Å². The number of nitrogens with zero attached hydrogens (tertiary/aromatic N) is 2. The van der Waals surface area contributed by atoms with Gasteiger partial charge in [0.25, 0.3) is 0 Å². The van der Waals surface area contributed by atoms with Crippen LogP contribution in [0.15, 0.2) is 35.7 Å². The van der Waals surface area contributed by atoms with E-state index in [-0.39, 0.29) is 17.7 Å². The van der Waals surface area contributed by atoms with Crippen LogP contribution in [0.5, 0.6) is 5.88 Å².